The van der Waals surface area contributed by atoms with E-state index in [1.165, 1.54) is 17.3 Å². The van der Waals surface area contributed by atoms with Gasteiger partial charge in [0.25, 0.3) is 0 Å². The largest absolute Gasteiger partial charge is 0.343 e. The number of hydrogen-bond donors (Lipinski definition) is 2. The van der Waals surface area contributed by atoms with Crippen molar-refractivity contribution in [3.63, 3.8) is 0 Å². The summed E-state index contributed by atoms with van der Waals surface area (Å²) >= 11 is 1.39. The maximum atomic E-state index is 11.5. The molecule has 0 aliphatic rings. The summed E-state index contributed by atoms with van der Waals surface area (Å²) in [7, 11) is 0. The first-order valence-corrected chi connectivity index (χ1v) is 7.49. The van der Waals surface area contributed by atoms with E-state index in [1.54, 1.807) is 10.8 Å². The van der Waals surface area contributed by atoms with E-state index in [0.29, 0.717) is 11.7 Å². The van der Waals surface area contributed by atoms with E-state index in [1.807, 2.05) is 19.1 Å². The maximum absolute atomic E-state index is 11.5. The minimum absolute atomic E-state index is 0.188. The van der Waals surface area contributed by atoms with Crippen LogP contribution in [0.15, 0.2) is 33.3 Å². The van der Waals surface area contributed by atoms with Crippen LogP contribution in [0, 0.1) is 0 Å². The highest BCUT2D eigenvalue weighted by Crippen LogP contribution is 2.25. The van der Waals surface area contributed by atoms with E-state index in [-0.39, 0.29) is 11.7 Å². The van der Waals surface area contributed by atoms with Crippen LogP contribution in [0.2, 0.25) is 0 Å². The first kappa shape index (κ1) is 14.8. The highest BCUT2D eigenvalue weighted by atomic mass is 32.2. The zero-order valence-electron chi connectivity index (χ0n) is 11.9. The number of hydrogen-bond acceptors (Lipinski definition) is 5. The van der Waals surface area contributed by atoms with Gasteiger partial charge in [0.05, 0.1) is 0 Å². The molecule has 2 aromatic rings. The molecule has 0 radical (unpaired) electrons. The van der Waals surface area contributed by atoms with Crippen LogP contribution in [0.4, 0.5) is 0 Å². The van der Waals surface area contributed by atoms with E-state index in [9.17, 15) is 4.79 Å². The second-order valence-corrected chi connectivity index (χ2v) is 5.35. The summed E-state index contributed by atoms with van der Waals surface area (Å²) in [4.78, 5) is 15.9. The quantitative estimate of drug-likeness (QED) is 0.849. The first-order valence-electron chi connectivity index (χ1n) is 6.68. The average Bonchev–Trinajstić information content (AvgIpc) is 2.79. The van der Waals surface area contributed by atoms with Crippen LogP contribution in [0.5, 0.6) is 0 Å². The van der Waals surface area contributed by atoms with Crippen molar-refractivity contribution in [2.24, 2.45) is 0 Å². The van der Waals surface area contributed by atoms with Gasteiger partial charge in [-0.1, -0.05) is 6.92 Å². The van der Waals surface area contributed by atoms with E-state index < -0.39 is 0 Å². The van der Waals surface area contributed by atoms with Gasteiger partial charge in [0.2, 0.25) is 0 Å². The van der Waals surface area contributed by atoms with Crippen molar-refractivity contribution in [2.45, 2.75) is 43.5 Å². The smallest absolute Gasteiger partial charge is 0.310 e. The first-order chi connectivity index (χ1) is 9.65. The van der Waals surface area contributed by atoms with Gasteiger partial charge in [0.1, 0.15) is 5.03 Å². The molecule has 0 aliphatic heterocycles. The third kappa shape index (κ3) is 3.29. The standard InChI is InChI=1S/C13H19N5OS/c1-4-14-9(3)10-6-7-15-11(8-10)20-13-17-16-12(19)18(13)5-2/h6-9,14H,4-5H2,1-3H3,(H,16,19). The van der Waals surface area contributed by atoms with E-state index in [2.05, 4.69) is 34.3 Å². The molecule has 0 fully saturated rings. The second-order valence-electron chi connectivity index (χ2n) is 4.36. The molecule has 6 nitrogen and oxygen atoms in total. The van der Waals surface area contributed by atoms with Crippen molar-refractivity contribution < 1.29 is 0 Å². The summed E-state index contributed by atoms with van der Waals surface area (Å²) in [6.45, 7) is 7.62. The van der Waals surface area contributed by atoms with Gasteiger partial charge in [-0.2, -0.15) is 0 Å². The Balaban J connectivity index is 2.21. The van der Waals surface area contributed by atoms with Crippen molar-refractivity contribution in [3.8, 4) is 0 Å². The van der Waals surface area contributed by atoms with Crippen molar-refractivity contribution in [1.29, 1.82) is 0 Å². The summed E-state index contributed by atoms with van der Waals surface area (Å²) in [6.07, 6.45) is 1.78. The zero-order chi connectivity index (χ0) is 14.5. The fraction of sp³-hybridized carbons (Fsp3) is 0.462. The third-order valence-electron chi connectivity index (χ3n) is 3.00. The molecular formula is C13H19N5OS. The lowest BCUT2D eigenvalue weighted by atomic mass is 10.1. The molecule has 0 saturated carbocycles. The second kappa shape index (κ2) is 6.71. The summed E-state index contributed by atoms with van der Waals surface area (Å²) in [5, 5.41) is 11.3. The molecule has 0 aliphatic carbocycles. The number of aromatic amines is 1. The Morgan fingerprint density at radius 2 is 2.30 bits per heavy atom. The molecule has 1 unspecified atom stereocenters. The molecule has 0 amide bonds. The lowest BCUT2D eigenvalue weighted by Crippen LogP contribution is -2.17. The van der Waals surface area contributed by atoms with Gasteiger partial charge in [-0.15, -0.1) is 5.10 Å². The molecule has 0 spiro atoms. The van der Waals surface area contributed by atoms with Crippen LogP contribution in [-0.2, 0) is 6.54 Å². The van der Waals surface area contributed by atoms with Crippen LogP contribution >= 0.6 is 11.8 Å². The molecule has 1 atom stereocenters. The summed E-state index contributed by atoms with van der Waals surface area (Å²) in [6, 6.07) is 4.29. The molecule has 20 heavy (non-hydrogen) atoms. The van der Waals surface area contributed by atoms with Gasteiger partial charge in [-0.3, -0.25) is 4.57 Å². The van der Waals surface area contributed by atoms with Crippen LogP contribution in [0.3, 0.4) is 0 Å². The number of nitrogens with one attached hydrogen (secondary N) is 2. The monoisotopic (exact) mass is 293 g/mol. The number of H-pyrrole nitrogens is 1. The SMILES string of the molecule is CCNC(C)c1ccnc(Sc2n[nH]c(=O)n2CC)c1. The average molecular weight is 293 g/mol. The number of rotatable bonds is 6. The zero-order valence-corrected chi connectivity index (χ0v) is 12.7. The molecule has 0 bridgehead atoms. The topological polar surface area (TPSA) is 75.6 Å². The lowest BCUT2D eigenvalue weighted by Gasteiger charge is -2.13. The maximum Gasteiger partial charge on any atom is 0.343 e. The molecule has 0 saturated heterocycles. The normalized spacial score (nSPS) is 12.6. The fourth-order valence-corrected chi connectivity index (χ4v) is 2.84. The molecule has 0 aromatic carbocycles. The van der Waals surface area contributed by atoms with Gasteiger partial charge in [0.15, 0.2) is 5.16 Å². The van der Waals surface area contributed by atoms with Gasteiger partial charge < -0.3 is 5.32 Å². The lowest BCUT2D eigenvalue weighted by molar-refractivity contribution is 0.595. The Morgan fingerprint density at radius 1 is 1.50 bits per heavy atom. The van der Waals surface area contributed by atoms with Crippen LogP contribution in [-0.4, -0.2) is 26.3 Å². The predicted octanol–water partition coefficient (Wildman–Crippen LogP) is 1.81. The van der Waals surface area contributed by atoms with E-state index in [0.717, 1.165) is 11.6 Å². The van der Waals surface area contributed by atoms with Crippen molar-refractivity contribution in [2.75, 3.05) is 6.54 Å². The molecule has 2 aromatic heterocycles. The fourth-order valence-electron chi connectivity index (χ4n) is 1.93. The molecule has 2 heterocycles. The minimum atomic E-state index is -0.188. The number of nitrogens with zero attached hydrogens (tertiary/aromatic N) is 3. The van der Waals surface area contributed by atoms with Gasteiger partial charge in [-0.25, -0.2) is 14.9 Å². The highest BCUT2D eigenvalue weighted by Gasteiger charge is 2.11. The molecule has 7 heteroatoms. The molecule has 2 rings (SSSR count). The third-order valence-corrected chi connectivity index (χ3v) is 3.93. The van der Waals surface area contributed by atoms with Gasteiger partial charge in [-0.05, 0) is 49.9 Å². The van der Waals surface area contributed by atoms with Crippen molar-refractivity contribution in [3.05, 3.63) is 34.4 Å². The Hall–Kier alpha value is -1.60. The Bertz CT molecular complexity index is 621. The van der Waals surface area contributed by atoms with Crippen molar-refractivity contribution >= 4 is 11.8 Å². The Labute approximate surface area is 122 Å². The van der Waals surface area contributed by atoms with Gasteiger partial charge in [0, 0.05) is 18.8 Å². The van der Waals surface area contributed by atoms with Crippen LogP contribution in [0.25, 0.3) is 0 Å². The van der Waals surface area contributed by atoms with E-state index >= 15 is 0 Å². The Morgan fingerprint density at radius 3 is 3.00 bits per heavy atom. The van der Waals surface area contributed by atoms with E-state index in [4.69, 9.17) is 0 Å². The minimum Gasteiger partial charge on any atom is -0.310 e. The van der Waals surface area contributed by atoms with Crippen LogP contribution in [0.1, 0.15) is 32.4 Å². The summed E-state index contributed by atoms with van der Waals surface area (Å²) in [5.74, 6) is 0. The number of aromatic nitrogens is 4. The summed E-state index contributed by atoms with van der Waals surface area (Å²) < 4.78 is 1.59. The predicted molar refractivity (Wildman–Crippen MR) is 79.0 cm³/mol. The molecular weight excluding hydrogens is 274 g/mol. The highest BCUT2D eigenvalue weighted by molar-refractivity contribution is 7.99. The van der Waals surface area contributed by atoms with Crippen LogP contribution < -0.4 is 11.0 Å². The molecule has 2 N–H and O–H groups in total. The number of pyridine rings is 1. The Kier molecular flexibility index (Phi) is 4.97. The summed E-state index contributed by atoms with van der Waals surface area (Å²) in [5.41, 5.74) is 0.984. The van der Waals surface area contributed by atoms with Crippen molar-refractivity contribution in [1.82, 2.24) is 25.1 Å². The molecule has 108 valence electrons. The van der Waals surface area contributed by atoms with Gasteiger partial charge >= 0.3 is 5.69 Å².